The molecule has 0 aromatic heterocycles. The van der Waals surface area contributed by atoms with Crippen molar-refractivity contribution in [3.8, 4) is 0 Å². The van der Waals surface area contributed by atoms with Crippen molar-refractivity contribution in [3.63, 3.8) is 0 Å². The van der Waals surface area contributed by atoms with Gasteiger partial charge in [-0.1, -0.05) is 0 Å². The van der Waals surface area contributed by atoms with Gasteiger partial charge in [-0.15, -0.1) is 0 Å². The zero-order chi connectivity index (χ0) is 29.0. The highest BCUT2D eigenvalue weighted by atomic mass is 16.8. The Hall–Kier alpha value is -1.13. The lowest BCUT2D eigenvalue weighted by Gasteiger charge is -2.48. The van der Waals surface area contributed by atoms with Crippen LogP contribution in [0, 0.1) is 0 Å². The third kappa shape index (κ3) is 7.21. The van der Waals surface area contributed by atoms with Gasteiger partial charge >= 0.3 is 0 Å². The highest BCUT2D eigenvalue weighted by molar-refractivity contribution is 5.73. The van der Waals surface area contributed by atoms with Crippen LogP contribution < -0.4 is 5.32 Å². The quantitative estimate of drug-likeness (QED) is 0.118. The summed E-state index contributed by atoms with van der Waals surface area (Å²) in [4.78, 5) is 11.8. The molecule has 0 radical (unpaired) electrons. The van der Waals surface area contributed by atoms with Crippen molar-refractivity contribution in [3.05, 3.63) is 0 Å². The van der Waals surface area contributed by atoms with Crippen molar-refractivity contribution in [2.45, 2.75) is 99.0 Å². The van der Waals surface area contributed by atoms with E-state index in [1.165, 1.54) is 14.2 Å². The summed E-state index contributed by atoms with van der Waals surface area (Å²) in [6, 6.07) is -1.35. The van der Waals surface area contributed by atoms with E-state index < -0.39 is 111 Å². The molecule has 15 atom stereocenters. The predicted molar refractivity (Wildman–Crippen MR) is 122 cm³/mol. The van der Waals surface area contributed by atoms with Gasteiger partial charge in [-0.2, -0.15) is 0 Å². The molecule has 9 N–H and O–H groups in total. The first kappa shape index (κ1) is 32.4. The monoisotopic (exact) mass is 573 g/mol. The molecule has 0 bridgehead atoms. The summed E-state index contributed by atoms with van der Waals surface area (Å²) in [5.41, 5.74) is 0. The number of aliphatic hydroxyl groups excluding tert-OH is 8. The molecule has 3 fully saturated rings. The van der Waals surface area contributed by atoms with Crippen molar-refractivity contribution in [2.75, 3.05) is 34.0 Å². The van der Waals surface area contributed by atoms with E-state index in [1.807, 2.05) is 0 Å². The molecule has 0 aliphatic carbocycles. The summed E-state index contributed by atoms with van der Waals surface area (Å²) in [6.45, 7) is -0.138. The van der Waals surface area contributed by atoms with Crippen molar-refractivity contribution < 1.29 is 78.8 Å². The normalized spacial score (nSPS) is 47.1. The molecule has 17 heteroatoms. The van der Waals surface area contributed by atoms with Crippen molar-refractivity contribution in [1.29, 1.82) is 0 Å². The summed E-state index contributed by atoms with van der Waals surface area (Å²) in [5, 5.41) is 83.8. The van der Waals surface area contributed by atoms with Crippen LogP contribution in [0.4, 0.5) is 0 Å². The van der Waals surface area contributed by atoms with Crippen LogP contribution in [0.5, 0.6) is 0 Å². The van der Waals surface area contributed by atoms with Crippen molar-refractivity contribution in [2.24, 2.45) is 0 Å². The molecule has 39 heavy (non-hydrogen) atoms. The third-order valence-electron chi connectivity index (χ3n) is 6.87. The van der Waals surface area contributed by atoms with Gasteiger partial charge in [-0.05, 0) is 0 Å². The predicted octanol–water partition coefficient (Wildman–Crippen LogP) is -6.12. The Morgan fingerprint density at radius 3 is 1.97 bits per heavy atom. The van der Waals surface area contributed by atoms with E-state index in [0.29, 0.717) is 0 Å². The second kappa shape index (κ2) is 14.2. The van der Waals surface area contributed by atoms with Crippen LogP contribution >= 0.6 is 0 Å². The maximum absolute atomic E-state index is 11.8. The lowest BCUT2D eigenvalue weighted by Crippen LogP contribution is -2.68. The van der Waals surface area contributed by atoms with Crippen LogP contribution in [0.2, 0.25) is 0 Å². The van der Waals surface area contributed by atoms with Gasteiger partial charge in [0.05, 0.1) is 19.8 Å². The number of aliphatic hydroxyl groups is 8. The molecule has 3 rings (SSSR count). The van der Waals surface area contributed by atoms with E-state index in [1.54, 1.807) is 0 Å². The Morgan fingerprint density at radius 2 is 1.38 bits per heavy atom. The number of carbonyl (C=O) groups excluding carboxylic acids is 1. The standard InChI is InChI=1S/C22H39NO16/c1-7(25)23-11-14(28)12(26)8(4-24)37-21(11)39-19-17(31)18(34-3)10(5-33-2)38-22(19)35-6-9-13(27)15(29)16(30)20(32)36-9/h8-22,24,26-32H,4-6H2,1-3H3,(H,23,25)/t8-,9-,10-,11-,12-,13-,14-,15+,16-,17+,18-,19+,20-,21+,22+/m1/s1. The number of amides is 1. The third-order valence-corrected chi connectivity index (χ3v) is 6.87. The Balaban J connectivity index is 1.85. The summed E-state index contributed by atoms with van der Waals surface area (Å²) >= 11 is 0. The van der Waals surface area contributed by atoms with Crippen LogP contribution in [0.1, 0.15) is 6.92 Å². The summed E-state index contributed by atoms with van der Waals surface area (Å²) < 4.78 is 38.8. The topological polar surface area (TPSA) is 256 Å². The van der Waals surface area contributed by atoms with E-state index in [4.69, 9.17) is 33.2 Å². The molecule has 1 amide bonds. The second-order valence-electron chi connectivity index (χ2n) is 9.59. The van der Waals surface area contributed by atoms with E-state index in [0.717, 1.165) is 6.92 Å². The van der Waals surface area contributed by atoms with E-state index in [-0.39, 0.29) is 6.61 Å². The molecular weight excluding hydrogens is 534 g/mol. The lowest BCUT2D eigenvalue weighted by molar-refractivity contribution is -0.364. The first-order chi connectivity index (χ1) is 18.4. The Kier molecular flexibility index (Phi) is 11.8. The molecule has 228 valence electrons. The van der Waals surface area contributed by atoms with Crippen LogP contribution in [0.3, 0.4) is 0 Å². The number of carbonyl (C=O) groups is 1. The van der Waals surface area contributed by atoms with Crippen LogP contribution in [0.25, 0.3) is 0 Å². The van der Waals surface area contributed by atoms with E-state index in [9.17, 15) is 45.6 Å². The molecule has 0 aromatic rings. The second-order valence-corrected chi connectivity index (χ2v) is 9.59. The fourth-order valence-corrected chi connectivity index (χ4v) is 4.76. The van der Waals surface area contributed by atoms with Gasteiger partial charge in [-0.25, -0.2) is 0 Å². The Bertz CT molecular complexity index is 778. The van der Waals surface area contributed by atoms with Crippen molar-refractivity contribution in [1.82, 2.24) is 5.32 Å². The Labute approximate surface area is 223 Å². The molecule has 17 nitrogen and oxygen atoms in total. The van der Waals surface area contributed by atoms with Gasteiger partial charge in [0.15, 0.2) is 18.9 Å². The van der Waals surface area contributed by atoms with Crippen LogP contribution in [0.15, 0.2) is 0 Å². The SMILES string of the molecule is COC[C@H]1O[C@H](OC[C@H]2O[C@@H](O)[C@H](O)[C@@H](O)[C@@H]2O)[C@@H](O[C@@H]2O[C@H](CO)[C@@H](O)[C@H](O)[C@H]2NC(C)=O)[C@@H](O)[C@@H]1OC. The maximum atomic E-state index is 11.8. The van der Waals surface area contributed by atoms with Crippen LogP contribution in [-0.4, -0.2) is 173 Å². The van der Waals surface area contributed by atoms with Crippen molar-refractivity contribution >= 4 is 5.91 Å². The van der Waals surface area contributed by atoms with E-state index in [2.05, 4.69) is 5.32 Å². The summed E-state index contributed by atoms with van der Waals surface area (Å²) in [5.74, 6) is -0.600. The molecular formula is C22H39NO16. The number of methoxy groups -OCH3 is 2. The molecule has 0 spiro atoms. The largest absolute Gasteiger partial charge is 0.394 e. The minimum absolute atomic E-state index is 0.0553. The lowest BCUT2D eigenvalue weighted by atomic mass is 9.95. The van der Waals surface area contributed by atoms with E-state index >= 15 is 0 Å². The average molecular weight is 574 g/mol. The van der Waals surface area contributed by atoms with Gasteiger partial charge in [0, 0.05) is 21.1 Å². The molecule has 3 aliphatic heterocycles. The smallest absolute Gasteiger partial charge is 0.217 e. The number of ether oxygens (including phenoxy) is 7. The summed E-state index contributed by atoms with van der Waals surface area (Å²) in [7, 11) is 2.69. The molecule has 0 unspecified atom stereocenters. The summed E-state index contributed by atoms with van der Waals surface area (Å²) in [6.07, 6.45) is -20.8. The number of nitrogens with one attached hydrogen (secondary N) is 1. The zero-order valence-corrected chi connectivity index (χ0v) is 21.6. The van der Waals surface area contributed by atoms with Crippen LogP contribution in [-0.2, 0) is 38.0 Å². The highest BCUT2D eigenvalue weighted by Crippen LogP contribution is 2.31. The number of hydrogen-bond donors (Lipinski definition) is 9. The molecule has 3 saturated heterocycles. The van der Waals surface area contributed by atoms with Gasteiger partial charge in [-0.3, -0.25) is 4.79 Å². The van der Waals surface area contributed by atoms with Gasteiger partial charge < -0.3 is 79.3 Å². The zero-order valence-electron chi connectivity index (χ0n) is 21.6. The van der Waals surface area contributed by atoms with Gasteiger partial charge in [0.1, 0.15) is 73.2 Å². The molecule has 0 saturated carbocycles. The van der Waals surface area contributed by atoms with Gasteiger partial charge in [0.2, 0.25) is 5.91 Å². The number of hydrogen-bond acceptors (Lipinski definition) is 16. The molecule has 0 aromatic carbocycles. The average Bonchev–Trinajstić information content (AvgIpc) is 2.90. The number of rotatable bonds is 10. The minimum Gasteiger partial charge on any atom is -0.394 e. The maximum Gasteiger partial charge on any atom is 0.217 e. The molecule has 3 heterocycles. The Morgan fingerprint density at radius 1 is 0.744 bits per heavy atom. The first-order valence-corrected chi connectivity index (χ1v) is 12.3. The molecule has 3 aliphatic rings. The highest BCUT2D eigenvalue weighted by Gasteiger charge is 2.52. The fraction of sp³-hybridized carbons (Fsp3) is 0.955. The van der Waals surface area contributed by atoms with Gasteiger partial charge in [0.25, 0.3) is 0 Å². The first-order valence-electron chi connectivity index (χ1n) is 12.3. The fourth-order valence-electron chi connectivity index (χ4n) is 4.76. The minimum atomic E-state index is -1.82.